The molecule has 0 aromatic heterocycles. The van der Waals surface area contributed by atoms with Crippen LogP contribution in [0.4, 0.5) is 0 Å². The zero-order valence-corrected chi connectivity index (χ0v) is 12.0. The minimum absolute atomic E-state index is 0.00120. The summed E-state index contributed by atoms with van der Waals surface area (Å²) in [5.41, 5.74) is 0.137. The molecule has 0 aliphatic carbocycles. The second-order valence-electron chi connectivity index (χ2n) is 5.15. The summed E-state index contributed by atoms with van der Waals surface area (Å²) in [4.78, 5) is 15.8. The second kappa shape index (κ2) is 6.28. The van der Waals surface area contributed by atoms with Gasteiger partial charge in [-0.3, -0.25) is 9.79 Å². The Hall–Kier alpha value is -0.710. The van der Waals surface area contributed by atoms with Crippen LogP contribution in [0.1, 0.15) is 34.1 Å². The van der Waals surface area contributed by atoms with Crippen LogP contribution in [0.25, 0.3) is 0 Å². The van der Waals surface area contributed by atoms with E-state index in [1.54, 1.807) is 11.8 Å². The first-order valence-corrected chi connectivity index (χ1v) is 7.16. The first kappa shape index (κ1) is 14.4. The highest BCUT2D eigenvalue weighted by Gasteiger charge is 2.30. The van der Waals surface area contributed by atoms with Crippen molar-refractivity contribution in [2.24, 2.45) is 10.9 Å². The van der Waals surface area contributed by atoms with E-state index >= 15 is 0 Å². The molecule has 0 aromatic carbocycles. The highest BCUT2D eigenvalue weighted by Crippen LogP contribution is 2.25. The second-order valence-corrected chi connectivity index (χ2v) is 6.11. The van der Waals surface area contributed by atoms with Gasteiger partial charge in [0.1, 0.15) is 6.54 Å². The quantitative estimate of drug-likeness (QED) is 0.787. The van der Waals surface area contributed by atoms with E-state index < -0.39 is 0 Å². The van der Waals surface area contributed by atoms with Crippen molar-refractivity contribution in [2.45, 2.75) is 39.7 Å². The van der Waals surface area contributed by atoms with Crippen LogP contribution in [0.2, 0.25) is 0 Å². The van der Waals surface area contributed by atoms with Gasteiger partial charge in [-0.15, -0.1) is 0 Å². The van der Waals surface area contributed by atoms with Crippen LogP contribution < -0.4 is 10.6 Å². The molecule has 1 aliphatic rings. The molecule has 98 valence electrons. The first-order valence-electron chi connectivity index (χ1n) is 6.17. The van der Waals surface area contributed by atoms with E-state index in [0.29, 0.717) is 5.92 Å². The molecule has 1 rings (SSSR count). The molecule has 1 unspecified atom stereocenters. The lowest BCUT2D eigenvalue weighted by atomic mass is 10.0. The van der Waals surface area contributed by atoms with E-state index in [1.807, 2.05) is 0 Å². The molecule has 17 heavy (non-hydrogen) atoms. The van der Waals surface area contributed by atoms with Crippen LogP contribution >= 0.6 is 11.8 Å². The van der Waals surface area contributed by atoms with Crippen molar-refractivity contribution in [3.63, 3.8) is 0 Å². The molecular formula is C12H23N3OS. The minimum atomic E-state index is -0.00120. The number of thioether (sulfide) groups is 1. The Morgan fingerprint density at radius 3 is 2.88 bits per heavy atom. The van der Waals surface area contributed by atoms with E-state index in [-0.39, 0.29) is 18.0 Å². The molecule has 0 aromatic rings. The van der Waals surface area contributed by atoms with Crippen LogP contribution in [0.5, 0.6) is 0 Å². The molecule has 2 N–H and O–H groups in total. The maximum atomic E-state index is 11.5. The van der Waals surface area contributed by atoms with Crippen molar-refractivity contribution in [3.05, 3.63) is 0 Å². The molecule has 5 heteroatoms. The van der Waals surface area contributed by atoms with Crippen molar-refractivity contribution >= 4 is 22.8 Å². The third-order valence-electron chi connectivity index (χ3n) is 2.79. The molecule has 1 aliphatic heterocycles. The molecule has 0 spiro atoms. The summed E-state index contributed by atoms with van der Waals surface area (Å²) in [5, 5.41) is 7.13. The maximum Gasteiger partial charge on any atom is 0.241 e. The smallest absolute Gasteiger partial charge is 0.241 e. The maximum absolute atomic E-state index is 11.5. The SMILES string of the molecule is CCC1(C)CSC(=NCC(=O)NCC(C)C)N1. The Morgan fingerprint density at radius 1 is 1.65 bits per heavy atom. The number of aliphatic imine (C=N–C) groups is 1. The molecule has 1 fully saturated rings. The number of nitrogens with one attached hydrogen (secondary N) is 2. The predicted octanol–water partition coefficient (Wildman–Crippen LogP) is 1.62. The Kier molecular flexibility index (Phi) is 5.31. The number of nitrogens with zero attached hydrogens (tertiary/aromatic N) is 1. The molecule has 1 atom stereocenters. The third kappa shape index (κ3) is 4.98. The highest BCUT2D eigenvalue weighted by atomic mass is 32.2. The van der Waals surface area contributed by atoms with E-state index in [2.05, 4.69) is 43.3 Å². The van der Waals surface area contributed by atoms with Crippen molar-refractivity contribution < 1.29 is 4.79 Å². The van der Waals surface area contributed by atoms with Gasteiger partial charge >= 0.3 is 0 Å². The Labute approximate surface area is 108 Å². The number of rotatable bonds is 5. The van der Waals surface area contributed by atoms with Gasteiger partial charge in [-0.25, -0.2) is 0 Å². The standard InChI is InChI=1S/C12H23N3OS/c1-5-12(4)8-17-11(15-12)14-7-10(16)13-6-9(2)3/h9H,5-8H2,1-4H3,(H,13,16)(H,14,15). The number of carbonyl (C=O) groups is 1. The van der Waals surface area contributed by atoms with Gasteiger partial charge in [0, 0.05) is 17.8 Å². The average molecular weight is 257 g/mol. The summed E-state index contributed by atoms with van der Waals surface area (Å²) >= 11 is 1.70. The van der Waals surface area contributed by atoms with E-state index in [9.17, 15) is 4.79 Å². The highest BCUT2D eigenvalue weighted by molar-refractivity contribution is 8.14. The minimum Gasteiger partial charge on any atom is -0.359 e. The predicted molar refractivity (Wildman–Crippen MR) is 74.4 cm³/mol. The first-order chi connectivity index (χ1) is 7.95. The Bertz CT molecular complexity index is 304. The summed E-state index contributed by atoms with van der Waals surface area (Å²) in [7, 11) is 0. The molecular weight excluding hydrogens is 234 g/mol. The molecule has 0 saturated carbocycles. The van der Waals surface area contributed by atoms with Gasteiger partial charge in [0.2, 0.25) is 5.91 Å². The van der Waals surface area contributed by atoms with Crippen LogP contribution in [-0.4, -0.2) is 35.5 Å². The Balaban J connectivity index is 2.32. The van der Waals surface area contributed by atoms with Gasteiger partial charge in [-0.05, 0) is 19.3 Å². The van der Waals surface area contributed by atoms with Crippen molar-refractivity contribution in [1.29, 1.82) is 0 Å². The van der Waals surface area contributed by atoms with Gasteiger partial charge in [0.05, 0.1) is 0 Å². The zero-order valence-electron chi connectivity index (χ0n) is 11.2. The molecule has 1 heterocycles. The third-order valence-corrected chi connectivity index (χ3v) is 4.08. The molecule has 1 saturated heterocycles. The fourth-order valence-corrected chi connectivity index (χ4v) is 2.56. The number of amides is 1. The van der Waals surface area contributed by atoms with E-state index in [0.717, 1.165) is 23.9 Å². The fourth-order valence-electron chi connectivity index (χ4n) is 1.35. The summed E-state index contributed by atoms with van der Waals surface area (Å²) in [6.07, 6.45) is 1.07. The van der Waals surface area contributed by atoms with Crippen LogP contribution in [0.15, 0.2) is 4.99 Å². The number of carbonyl (C=O) groups excluding carboxylic acids is 1. The van der Waals surface area contributed by atoms with Gasteiger partial charge < -0.3 is 10.6 Å². The van der Waals surface area contributed by atoms with E-state index in [4.69, 9.17) is 0 Å². The zero-order chi connectivity index (χ0) is 12.9. The average Bonchev–Trinajstić information content (AvgIpc) is 2.67. The van der Waals surface area contributed by atoms with Crippen molar-refractivity contribution in [2.75, 3.05) is 18.8 Å². The lowest BCUT2D eigenvalue weighted by molar-refractivity contribution is -0.119. The lowest BCUT2D eigenvalue weighted by Gasteiger charge is -2.20. The van der Waals surface area contributed by atoms with Gasteiger partial charge in [-0.1, -0.05) is 32.5 Å². The molecule has 4 nitrogen and oxygen atoms in total. The van der Waals surface area contributed by atoms with Crippen LogP contribution in [-0.2, 0) is 4.79 Å². The number of hydrogen-bond acceptors (Lipinski definition) is 3. The Morgan fingerprint density at radius 2 is 2.35 bits per heavy atom. The molecule has 0 bridgehead atoms. The van der Waals surface area contributed by atoms with Crippen molar-refractivity contribution in [3.8, 4) is 0 Å². The van der Waals surface area contributed by atoms with Crippen LogP contribution in [0.3, 0.4) is 0 Å². The van der Waals surface area contributed by atoms with Crippen LogP contribution in [0, 0.1) is 5.92 Å². The largest absolute Gasteiger partial charge is 0.359 e. The lowest BCUT2D eigenvalue weighted by Crippen LogP contribution is -2.40. The summed E-state index contributed by atoms with van der Waals surface area (Å²) in [6.45, 7) is 9.44. The monoisotopic (exact) mass is 257 g/mol. The molecule has 0 radical (unpaired) electrons. The molecule has 1 amide bonds. The van der Waals surface area contributed by atoms with E-state index in [1.165, 1.54) is 0 Å². The summed E-state index contributed by atoms with van der Waals surface area (Å²) < 4.78 is 0. The van der Waals surface area contributed by atoms with Gasteiger partial charge in [0.15, 0.2) is 5.17 Å². The fraction of sp³-hybridized carbons (Fsp3) is 0.833. The normalized spacial score (nSPS) is 26.3. The summed E-state index contributed by atoms with van der Waals surface area (Å²) in [5.74, 6) is 1.50. The summed E-state index contributed by atoms with van der Waals surface area (Å²) in [6, 6.07) is 0. The van der Waals surface area contributed by atoms with Gasteiger partial charge in [-0.2, -0.15) is 0 Å². The number of amidine groups is 1. The van der Waals surface area contributed by atoms with Gasteiger partial charge in [0.25, 0.3) is 0 Å². The number of hydrogen-bond donors (Lipinski definition) is 2. The van der Waals surface area contributed by atoms with Crippen molar-refractivity contribution in [1.82, 2.24) is 10.6 Å². The topological polar surface area (TPSA) is 53.5 Å².